The first-order valence-corrected chi connectivity index (χ1v) is 10.1. The Morgan fingerprint density at radius 3 is 2.30 bits per heavy atom. The third kappa shape index (κ3) is 3.72. The van der Waals surface area contributed by atoms with Crippen molar-refractivity contribution >= 4 is 11.6 Å². The third-order valence-corrected chi connectivity index (χ3v) is 6.47. The summed E-state index contributed by atoms with van der Waals surface area (Å²) < 4.78 is 19.9. The number of nitrogens with zero attached hydrogens (tertiary/aromatic N) is 3. The fourth-order valence-corrected chi connectivity index (χ4v) is 4.18. The zero-order chi connectivity index (χ0) is 19.0. The monoisotopic (exact) mass is 373 g/mol. The Hall–Kier alpha value is -1.95. The Bertz CT molecular complexity index is 709. The van der Waals surface area contributed by atoms with Crippen molar-refractivity contribution < 1.29 is 14.0 Å². The van der Waals surface area contributed by atoms with Crippen molar-refractivity contribution in [1.29, 1.82) is 0 Å². The number of hydrazone groups is 1. The van der Waals surface area contributed by atoms with Gasteiger partial charge in [0.15, 0.2) is 0 Å². The molecule has 4 rings (SSSR count). The standard InChI is InChI=1S/C21H28FN3O2/c1-14-15(2)21(26)25(22)23-20(14)16-6-8-18(9-7-16)27-19-10-12-24(13-11-19)17-4-3-5-17/h6-9,14-15,17,19H,3-5,10-13H2,1-2H3. The number of ether oxygens (including phenoxy) is 1. The zero-order valence-corrected chi connectivity index (χ0v) is 16.1. The Morgan fingerprint density at radius 2 is 1.70 bits per heavy atom. The number of likely N-dealkylation sites (tertiary alicyclic amines) is 1. The maximum absolute atomic E-state index is 13.7. The van der Waals surface area contributed by atoms with Gasteiger partial charge in [-0.1, -0.05) is 30.0 Å². The lowest BCUT2D eigenvalue weighted by molar-refractivity contribution is -0.153. The second-order valence-electron chi connectivity index (χ2n) is 8.12. The normalized spacial score (nSPS) is 28.0. The SMILES string of the molecule is CC1C(=O)N(F)N=C(c2ccc(OC3CCN(C4CCC4)CC3)cc2)C1C. The molecule has 0 radical (unpaired) electrons. The summed E-state index contributed by atoms with van der Waals surface area (Å²) >= 11 is 0. The first-order valence-electron chi connectivity index (χ1n) is 10.1. The van der Waals surface area contributed by atoms with Crippen LogP contribution >= 0.6 is 0 Å². The van der Waals surface area contributed by atoms with Crippen LogP contribution in [0.1, 0.15) is 51.5 Å². The molecule has 0 N–H and O–H groups in total. The molecule has 6 heteroatoms. The number of carbonyl (C=O) groups is 1. The van der Waals surface area contributed by atoms with Gasteiger partial charge in [0.05, 0.1) is 5.71 Å². The predicted octanol–water partition coefficient (Wildman–Crippen LogP) is 3.79. The molecule has 1 aliphatic carbocycles. The van der Waals surface area contributed by atoms with Crippen LogP contribution in [0.4, 0.5) is 4.48 Å². The zero-order valence-electron chi connectivity index (χ0n) is 16.1. The lowest BCUT2D eigenvalue weighted by Gasteiger charge is -2.41. The van der Waals surface area contributed by atoms with Gasteiger partial charge in [0.25, 0.3) is 5.91 Å². The molecule has 27 heavy (non-hydrogen) atoms. The van der Waals surface area contributed by atoms with E-state index >= 15 is 0 Å². The Kier molecular flexibility index (Phi) is 5.17. The van der Waals surface area contributed by atoms with Crippen LogP contribution in [-0.2, 0) is 4.79 Å². The van der Waals surface area contributed by atoms with Gasteiger partial charge in [-0.2, -0.15) is 0 Å². The maximum Gasteiger partial charge on any atom is 0.277 e. The fraction of sp³-hybridized carbons (Fsp3) is 0.619. The second kappa shape index (κ2) is 7.58. The van der Waals surface area contributed by atoms with E-state index in [-0.39, 0.29) is 17.3 Å². The molecule has 5 nitrogen and oxygen atoms in total. The van der Waals surface area contributed by atoms with Gasteiger partial charge in [0.2, 0.25) is 0 Å². The maximum atomic E-state index is 13.7. The summed E-state index contributed by atoms with van der Waals surface area (Å²) in [4.78, 5) is 14.3. The molecule has 2 fully saturated rings. The van der Waals surface area contributed by atoms with Crippen LogP contribution in [-0.4, -0.2) is 47.0 Å². The first kappa shape index (κ1) is 18.4. The summed E-state index contributed by atoms with van der Waals surface area (Å²) in [6.45, 7) is 5.90. The quantitative estimate of drug-likeness (QED) is 0.755. The molecule has 2 atom stereocenters. The van der Waals surface area contributed by atoms with Crippen LogP contribution in [0.3, 0.4) is 0 Å². The minimum Gasteiger partial charge on any atom is -0.490 e. The third-order valence-electron chi connectivity index (χ3n) is 6.47. The summed E-state index contributed by atoms with van der Waals surface area (Å²) in [6, 6.07) is 8.47. The first-order chi connectivity index (χ1) is 13.0. The molecule has 2 heterocycles. The number of halogens is 1. The molecule has 3 aliphatic rings. The number of piperidine rings is 1. The number of carbonyl (C=O) groups excluding carboxylic acids is 1. The van der Waals surface area contributed by atoms with Gasteiger partial charge in [-0.15, -0.1) is 5.10 Å². The van der Waals surface area contributed by atoms with Gasteiger partial charge in [-0.25, -0.2) is 0 Å². The van der Waals surface area contributed by atoms with Crippen molar-refractivity contribution in [2.24, 2.45) is 16.9 Å². The molecule has 1 saturated carbocycles. The fourth-order valence-electron chi connectivity index (χ4n) is 4.18. The molecular weight excluding hydrogens is 345 g/mol. The van der Waals surface area contributed by atoms with E-state index in [0.717, 1.165) is 43.3 Å². The van der Waals surface area contributed by atoms with Crippen molar-refractivity contribution in [1.82, 2.24) is 10.1 Å². The van der Waals surface area contributed by atoms with E-state index in [0.29, 0.717) is 5.71 Å². The average Bonchev–Trinajstić information content (AvgIpc) is 2.64. The topological polar surface area (TPSA) is 45.1 Å². The molecule has 146 valence electrons. The van der Waals surface area contributed by atoms with E-state index < -0.39 is 11.8 Å². The minimum absolute atomic E-state index is 0.0275. The van der Waals surface area contributed by atoms with Crippen molar-refractivity contribution in [3.63, 3.8) is 0 Å². The number of amides is 1. The lowest BCUT2D eigenvalue weighted by atomic mass is 9.86. The predicted molar refractivity (Wildman–Crippen MR) is 102 cm³/mol. The van der Waals surface area contributed by atoms with E-state index in [2.05, 4.69) is 10.0 Å². The summed E-state index contributed by atoms with van der Waals surface area (Å²) in [7, 11) is 0. The smallest absolute Gasteiger partial charge is 0.277 e. The average molecular weight is 373 g/mol. The number of hydrogen-bond donors (Lipinski definition) is 0. The Labute approximate surface area is 160 Å². The highest BCUT2D eigenvalue weighted by Crippen LogP contribution is 2.30. The summed E-state index contributed by atoms with van der Waals surface area (Å²) in [5.74, 6) is -0.281. The molecule has 1 amide bonds. The van der Waals surface area contributed by atoms with E-state index in [1.54, 1.807) is 6.92 Å². The molecule has 1 saturated heterocycles. The molecule has 0 bridgehead atoms. The van der Waals surface area contributed by atoms with Crippen LogP contribution in [0.5, 0.6) is 5.75 Å². The number of hydrogen-bond acceptors (Lipinski definition) is 4. The molecule has 1 aromatic rings. The molecule has 2 unspecified atom stereocenters. The van der Waals surface area contributed by atoms with Crippen molar-refractivity contribution in [3.8, 4) is 5.75 Å². The second-order valence-corrected chi connectivity index (χ2v) is 8.12. The van der Waals surface area contributed by atoms with E-state index in [9.17, 15) is 9.28 Å². The number of benzene rings is 1. The molecule has 0 aromatic heterocycles. The van der Waals surface area contributed by atoms with Gasteiger partial charge in [0.1, 0.15) is 11.9 Å². The van der Waals surface area contributed by atoms with Crippen LogP contribution in [0, 0.1) is 11.8 Å². The summed E-state index contributed by atoms with van der Waals surface area (Å²) in [5.41, 5.74) is 1.43. The van der Waals surface area contributed by atoms with E-state index in [4.69, 9.17) is 4.74 Å². The van der Waals surface area contributed by atoms with Gasteiger partial charge in [0, 0.05) is 31.0 Å². The minimum atomic E-state index is -0.584. The highest BCUT2D eigenvalue weighted by atomic mass is 19.2. The molecule has 0 spiro atoms. The summed E-state index contributed by atoms with van der Waals surface area (Å²) in [6.07, 6.45) is 6.49. The lowest BCUT2D eigenvalue weighted by Crippen LogP contribution is -2.46. The largest absolute Gasteiger partial charge is 0.490 e. The van der Waals surface area contributed by atoms with Crippen molar-refractivity contribution in [2.45, 2.75) is 58.1 Å². The van der Waals surface area contributed by atoms with Gasteiger partial charge in [-0.05, 0) is 55.5 Å². The van der Waals surface area contributed by atoms with E-state index in [1.165, 1.54) is 19.3 Å². The number of rotatable bonds is 4. The van der Waals surface area contributed by atoms with Crippen LogP contribution in [0.2, 0.25) is 0 Å². The van der Waals surface area contributed by atoms with E-state index in [1.807, 2.05) is 31.2 Å². The van der Waals surface area contributed by atoms with Crippen LogP contribution < -0.4 is 4.74 Å². The highest BCUT2D eigenvalue weighted by Gasteiger charge is 2.35. The summed E-state index contributed by atoms with van der Waals surface area (Å²) in [5, 5.41) is 3.81. The highest BCUT2D eigenvalue weighted by molar-refractivity contribution is 6.06. The van der Waals surface area contributed by atoms with Crippen molar-refractivity contribution in [2.75, 3.05) is 13.1 Å². The van der Waals surface area contributed by atoms with Gasteiger partial charge in [-0.3, -0.25) is 4.79 Å². The van der Waals surface area contributed by atoms with Crippen LogP contribution in [0.15, 0.2) is 29.4 Å². The molecular formula is C21H28FN3O2. The van der Waals surface area contributed by atoms with Crippen molar-refractivity contribution in [3.05, 3.63) is 29.8 Å². The molecule has 1 aromatic carbocycles. The molecule has 2 aliphatic heterocycles. The van der Waals surface area contributed by atoms with Crippen LogP contribution in [0.25, 0.3) is 0 Å². The Balaban J connectivity index is 1.37. The van der Waals surface area contributed by atoms with Gasteiger partial charge >= 0.3 is 0 Å². The Morgan fingerprint density at radius 1 is 1.04 bits per heavy atom. The van der Waals surface area contributed by atoms with Gasteiger partial charge < -0.3 is 9.64 Å².